The first-order valence-electron chi connectivity index (χ1n) is 7.08. The fraction of sp³-hybridized carbons (Fsp3) is 0.0556. The Morgan fingerprint density at radius 2 is 1.83 bits per heavy atom. The second-order valence-electron chi connectivity index (χ2n) is 5.02. The molecule has 0 atom stereocenters. The first-order valence-corrected chi connectivity index (χ1v) is 7.08. The third-order valence-electron chi connectivity index (χ3n) is 3.17. The maximum Gasteiger partial charge on any atom is 0.335 e. The molecule has 120 valence electrons. The van der Waals surface area contributed by atoms with Crippen LogP contribution in [0.4, 0.5) is 11.4 Å². The minimum Gasteiger partial charge on any atom is -0.478 e. The van der Waals surface area contributed by atoms with Crippen LogP contribution in [0.1, 0.15) is 15.9 Å². The van der Waals surface area contributed by atoms with Gasteiger partial charge in [-0.1, -0.05) is 23.8 Å². The summed E-state index contributed by atoms with van der Waals surface area (Å²) in [6.07, 6.45) is 1.24. The smallest absolute Gasteiger partial charge is 0.335 e. The van der Waals surface area contributed by atoms with Gasteiger partial charge in [-0.15, -0.1) is 0 Å². The van der Waals surface area contributed by atoms with Crippen LogP contribution in [0.15, 0.2) is 60.3 Å². The molecule has 0 aromatic heterocycles. The highest BCUT2D eigenvalue weighted by atomic mass is 16.4. The molecule has 2 aromatic carbocycles. The average molecular weight is 321 g/mol. The van der Waals surface area contributed by atoms with E-state index in [2.05, 4.69) is 10.6 Å². The molecular formula is C18H15N3O3. The van der Waals surface area contributed by atoms with Gasteiger partial charge in [0.15, 0.2) is 0 Å². The Bertz CT molecular complexity index is 833. The number of carboxylic acid groups (broad SMARTS) is 1. The standard InChI is InChI=1S/C18H15N3O3/c1-12-5-7-15(8-6-12)21-17(22)14(10-19)11-20-16-4-2-3-13(9-16)18(23)24/h2-9,11,20H,1H3,(H,21,22)(H,23,24)/b14-11-. The van der Waals surface area contributed by atoms with E-state index >= 15 is 0 Å². The van der Waals surface area contributed by atoms with Crippen LogP contribution in [0.2, 0.25) is 0 Å². The zero-order valence-corrected chi connectivity index (χ0v) is 12.9. The molecular weight excluding hydrogens is 306 g/mol. The molecule has 0 aliphatic carbocycles. The van der Waals surface area contributed by atoms with Crippen molar-refractivity contribution in [3.05, 3.63) is 71.4 Å². The number of amides is 1. The van der Waals surface area contributed by atoms with Crippen molar-refractivity contribution >= 4 is 23.3 Å². The summed E-state index contributed by atoms with van der Waals surface area (Å²) in [7, 11) is 0. The van der Waals surface area contributed by atoms with Gasteiger partial charge in [0, 0.05) is 17.6 Å². The number of hydrogen-bond acceptors (Lipinski definition) is 4. The lowest BCUT2D eigenvalue weighted by molar-refractivity contribution is -0.112. The Morgan fingerprint density at radius 1 is 1.12 bits per heavy atom. The third kappa shape index (κ3) is 4.45. The predicted molar refractivity (Wildman–Crippen MR) is 90.5 cm³/mol. The Labute approximate surface area is 139 Å². The highest BCUT2D eigenvalue weighted by Gasteiger charge is 2.09. The summed E-state index contributed by atoms with van der Waals surface area (Å²) in [6.45, 7) is 1.93. The summed E-state index contributed by atoms with van der Waals surface area (Å²) < 4.78 is 0. The number of benzene rings is 2. The minimum atomic E-state index is -1.06. The second-order valence-corrected chi connectivity index (χ2v) is 5.02. The van der Waals surface area contributed by atoms with E-state index in [1.54, 1.807) is 24.3 Å². The number of carboxylic acids is 1. The summed E-state index contributed by atoms with van der Waals surface area (Å²) >= 11 is 0. The quantitative estimate of drug-likeness (QED) is 0.580. The summed E-state index contributed by atoms with van der Waals surface area (Å²) in [4.78, 5) is 23.0. The van der Waals surface area contributed by atoms with Gasteiger partial charge < -0.3 is 15.7 Å². The molecule has 0 radical (unpaired) electrons. The van der Waals surface area contributed by atoms with Crippen LogP contribution in [0.5, 0.6) is 0 Å². The number of hydrogen-bond donors (Lipinski definition) is 3. The molecule has 0 fully saturated rings. The van der Waals surface area contributed by atoms with Crippen LogP contribution in [0, 0.1) is 18.3 Å². The van der Waals surface area contributed by atoms with E-state index in [-0.39, 0.29) is 11.1 Å². The van der Waals surface area contributed by atoms with Crippen LogP contribution >= 0.6 is 0 Å². The number of aromatic carboxylic acids is 1. The van der Waals surface area contributed by atoms with Crippen molar-refractivity contribution in [1.82, 2.24) is 0 Å². The molecule has 6 nitrogen and oxygen atoms in total. The van der Waals surface area contributed by atoms with Crippen LogP contribution < -0.4 is 10.6 Å². The van der Waals surface area contributed by atoms with Crippen molar-refractivity contribution in [2.45, 2.75) is 6.92 Å². The molecule has 1 amide bonds. The van der Waals surface area contributed by atoms with Gasteiger partial charge in [0.1, 0.15) is 11.6 Å². The zero-order valence-electron chi connectivity index (χ0n) is 12.9. The summed E-state index contributed by atoms with van der Waals surface area (Å²) in [5.41, 5.74) is 2.08. The second kappa shape index (κ2) is 7.61. The molecule has 0 bridgehead atoms. The number of aryl methyl sites for hydroxylation is 1. The molecule has 0 heterocycles. The van der Waals surface area contributed by atoms with E-state index in [9.17, 15) is 9.59 Å². The fourth-order valence-corrected chi connectivity index (χ4v) is 1.88. The minimum absolute atomic E-state index is 0.107. The normalized spacial score (nSPS) is 10.6. The van der Waals surface area contributed by atoms with E-state index in [4.69, 9.17) is 10.4 Å². The van der Waals surface area contributed by atoms with E-state index in [0.29, 0.717) is 11.4 Å². The number of nitriles is 1. The lowest BCUT2D eigenvalue weighted by Gasteiger charge is -2.06. The maximum absolute atomic E-state index is 12.1. The molecule has 0 saturated carbocycles. The summed E-state index contributed by atoms with van der Waals surface area (Å²) in [5.74, 6) is -1.61. The first kappa shape index (κ1) is 16.8. The molecule has 3 N–H and O–H groups in total. The Morgan fingerprint density at radius 3 is 2.46 bits per heavy atom. The van der Waals surface area contributed by atoms with Crippen LogP contribution in [-0.2, 0) is 4.79 Å². The number of nitrogens with zero attached hydrogens (tertiary/aromatic N) is 1. The highest BCUT2D eigenvalue weighted by Crippen LogP contribution is 2.13. The molecule has 0 saturated heterocycles. The summed E-state index contributed by atoms with van der Waals surface area (Å²) in [5, 5.41) is 23.5. The third-order valence-corrected chi connectivity index (χ3v) is 3.17. The lowest BCUT2D eigenvalue weighted by atomic mass is 10.2. The largest absolute Gasteiger partial charge is 0.478 e. The Balaban J connectivity index is 2.10. The van der Waals surface area contributed by atoms with Gasteiger partial charge in [-0.2, -0.15) is 5.26 Å². The Kier molecular flexibility index (Phi) is 5.32. The monoisotopic (exact) mass is 321 g/mol. The summed E-state index contributed by atoms with van der Waals surface area (Å²) in [6, 6.07) is 15.1. The van der Waals surface area contributed by atoms with Crippen molar-refractivity contribution in [2.24, 2.45) is 0 Å². The van der Waals surface area contributed by atoms with Gasteiger partial charge in [-0.3, -0.25) is 4.79 Å². The molecule has 0 unspecified atom stereocenters. The average Bonchev–Trinajstić information content (AvgIpc) is 2.57. The highest BCUT2D eigenvalue weighted by molar-refractivity contribution is 6.06. The molecule has 6 heteroatoms. The molecule has 0 spiro atoms. The molecule has 0 aliphatic rings. The fourth-order valence-electron chi connectivity index (χ4n) is 1.88. The topological polar surface area (TPSA) is 102 Å². The van der Waals surface area contributed by atoms with Crippen LogP contribution in [-0.4, -0.2) is 17.0 Å². The Hall–Kier alpha value is -3.59. The van der Waals surface area contributed by atoms with E-state index in [1.807, 2.05) is 25.1 Å². The molecule has 2 rings (SSSR count). The van der Waals surface area contributed by atoms with E-state index in [0.717, 1.165) is 5.56 Å². The maximum atomic E-state index is 12.1. The van der Waals surface area contributed by atoms with E-state index < -0.39 is 11.9 Å². The van der Waals surface area contributed by atoms with Gasteiger partial charge in [0.25, 0.3) is 5.91 Å². The van der Waals surface area contributed by atoms with Crippen molar-refractivity contribution in [3.63, 3.8) is 0 Å². The van der Waals surface area contributed by atoms with Gasteiger partial charge >= 0.3 is 5.97 Å². The van der Waals surface area contributed by atoms with Crippen LogP contribution in [0.3, 0.4) is 0 Å². The van der Waals surface area contributed by atoms with E-state index in [1.165, 1.54) is 18.3 Å². The predicted octanol–water partition coefficient (Wildman–Crippen LogP) is 3.15. The SMILES string of the molecule is Cc1ccc(NC(=O)/C(C#N)=C\Nc2cccc(C(=O)O)c2)cc1. The number of carbonyl (C=O) groups excluding carboxylic acids is 1. The van der Waals surface area contributed by atoms with Crippen molar-refractivity contribution < 1.29 is 14.7 Å². The number of anilines is 2. The number of nitrogens with one attached hydrogen (secondary N) is 2. The van der Waals surface area contributed by atoms with Crippen molar-refractivity contribution in [2.75, 3.05) is 10.6 Å². The van der Waals surface area contributed by atoms with Crippen molar-refractivity contribution in [1.29, 1.82) is 5.26 Å². The number of carbonyl (C=O) groups is 2. The molecule has 0 aliphatic heterocycles. The number of rotatable bonds is 5. The first-order chi connectivity index (χ1) is 11.5. The zero-order chi connectivity index (χ0) is 17.5. The van der Waals surface area contributed by atoms with Gasteiger partial charge in [-0.25, -0.2) is 4.79 Å². The van der Waals surface area contributed by atoms with Gasteiger partial charge in [0.2, 0.25) is 0 Å². The van der Waals surface area contributed by atoms with Crippen LogP contribution in [0.25, 0.3) is 0 Å². The molecule has 24 heavy (non-hydrogen) atoms. The molecule has 2 aromatic rings. The van der Waals surface area contributed by atoms with Gasteiger partial charge in [-0.05, 0) is 37.3 Å². The van der Waals surface area contributed by atoms with Gasteiger partial charge in [0.05, 0.1) is 5.56 Å². The van der Waals surface area contributed by atoms with Crippen molar-refractivity contribution in [3.8, 4) is 6.07 Å². The lowest BCUT2D eigenvalue weighted by Crippen LogP contribution is -2.14.